The number of methoxy groups -OCH3 is 2. The van der Waals surface area contributed by atoms with Gasteiger partial charge < -0.3 is 9.47 Å². The van der Waals surface area contributed by atoms with Gasteiger partial charge in [-0.25, -0.2) is 9.50 Å². The van der Waals surface area contributed by atoms with Gasteiger partial charge in [0.2, 0.25) is 5.16 Å². The van der Waals surface area contributed by atoms with E-state index < -0.39 is 0 Å². The number of rotatable bonds is 9. The fraction of sp³-hybridized carbons (Fsp3) is 0.429. The van der Waals surface area contributed by atoms with Crippen LogP contribution < -0.4 is 9.47 Å². The van der Waals surface area contributed by atoms with Crippen molar-refractivity contribution in [1.82, 2.24) is 19.6 Å². The Hall–Kier alpha value is -2.61. The van der Waals surface area contributed by atoms with Crippen LogP contribution in [0.25, 0.3) is 5.78 Å². The highest BCUT2D eigenvalue weighted by Gasteiger charge is 2.17. The van der Waals surface area contributed by atoms with E-state index in [2.05, 4.69) is 22.0 Å². The molecule has 0 unspecified atom stereocenters. The summed E-state index contributed by atoms with van der Waals surface area (Å²) in [5, 5.41) is 5.10. The Morgan fingerprint density at radius 3 is 2.66 bits per heavy atom. The van der Waals surface area contributed by atoms with Gasteiger partial charge in [-0.1, -0.05) is 25.1 Å². The van der Waals surface area contributed by atoms with Gasteiger partial charge in [-0.3, -0.25) is 4.79 Å². The lowest BCUT2D eigenvalue weighted by molar-refractivity contribution is 0.101. The number of thioether (sulfide) groups is 1. The van der Waals surface area contributed by atoms with E-state index >= 15 is 0 Å². The van der Waals surface area contributed by atoms with Crippen LogP contribution in [0.4, 0.5) is 0 Å². The average molecular weight is 415 g/mol. The molecular formula is C21H26N4O3S. The van der Waals surface area contributed by atoms with Crippen LogP contribution in [0.2, 0.25) is 0 Å². The molecule has 0 aliphatic rings. The molecule has 0 radical (unpaired) electrons. The van der Waals surface area contributed by atoms with Crippen molar-refractivity contribution in [3.05, 3.63) is 40.7 Å². The third-order valence-electron chi connectivity index (χ3n) is 4.85. The van der Waals surface area contributed by atoms with Gasteiger partial charge in [0.1, 0.15) is 11.5 Å². The molecule has 0 spiro atoms. The molecule has 0 saturated carbocycles. The molecule has 1 aromatic carbocycles. The van der Waals surface area contributed by atoms with E-state index in [1.165, 1.54) is 24.4 Å². The van der Waals surface area contributed by atoms with Gasteiger partial charge in [0, 0.05) is 17.5 Å². The lowest BCUT2D eigenvalue weighted by Gasteiger charge is -2.09. The molecule has 0 amide bonds. The zero-order valence-corrected chi connectivity index (χ0v) is 18.3. The predicted octanol–water partition coefficient (Wildman–Crippen LogP) is 4.08. The number of unbranched alkanes of at least 4 members (excludes halogenated alkanes) is 1. The summed E-state index contributed by atoms with van der Waals surface area (Å²) < 4.78 is 12.3. The summed E-state index contributed by atoms with van der Waals surface area (Å²) in [4.78, 5) is 21.8. The Balaban J connectivity index is 1.79. The molecule has 0 fully saturated rings. The number of hydrogen-bond donors (Lipinski definition) is 0. The monoisotopic (exact) mass is 414 g/mol. The highest BCUT2D eigenvalue weighted by Crippen LogP contribution is 2.27. The smallest absolute Gasteiger partial charge is 0.253 e. The second kappa shape index (κ2) is 9.26. The summed E-state index contributed by atoms with van der Waals surface area (Å²) >= 11 is 1.30. The van der Waals surface area contributed by atoms with Crippen molar-refractivity contribution in [2.75, 3.05) is 20.0 Å². The van der Waals surface area contributed by atoms with Crippen LogP contribution in [-0.2, 0) is 6.42 Å². The summed E-state index contributed by atoms with van der Waals surface area (Å²) in [6.07, 6.45) is 3.23. The van der Waals surface area contributed by atoms with Gasteiger partial charge >= 0.3 is 0 Å². The Morgan fingerprint density at radius 2 is 1.97 bits per heavy atom. The van der Waals surface area contributed by atoms with E-state index in [1.54, 1.807) is 29.8 Å². The molecule has 0 saturated heterocycles. The predicted molar refractivity (Wildman–Crippen MR) is 113 cm³/mol. The molecule has 7 nitrogen and oxygen atoms in total. The van der Waals surface area contributed by atoms with Crippen LogP contribution in [0.3, 0.4) is 0 Å². The van der Waals surface area contributed by atoms with Crippen molar-refractivity contribution in [2.24, 2.45) is 0 Å². The maximum Gasteiger partial charge on any atom is 0.253 e. The zero-order chi connectivity index (χ0) is 21.0. The molecule has 0 atom stereocenters. The lowest BCUT2D eigenvalue weighted by atomic mass is 10.1. The summed E-state index contributed by atoms with van der Waals surface area (Å²) in [5.74, 6) is 1.85. The minimum Gasteiger partial charge on any atom is -0.497 e. The van der Waals surface area contributed by atoms with Crippen LogP contribution in [0.5, 0.6) is 11.5 Å². The number of aromatic nitrogens is 4. The van der Waals surface area contributed by atoms with Crippen LogP contribution in [0.1, 0.15) is 47.1 Å². The van der Waals surface area contributed by atoms with Crippen molar-refractivity contribution >= 4 is 23.3 Å². The SMILES string of the molecule is CCCCc1c(C)nc2nc(SCC(=O)c3ccc(OC)cc3OC)nn2c1C. The molecule has 8 heteroatoms. The first-order chi connectivity index (χ1) is 14.0. The number of carbonyl (C=O) groups is 1. The summed E-state index contributed by atoms with van der Waals surface area (Å²) in [5.41, 5.74) is 3.78. The Morgan fingerprint density at radius 1 is 1.17 bits per heavy atom. The number of ether oxygens (including phenoxy) is 2. The number of benzene rings is 1. The molecule has 2 heterocycles. The highest BCUT2D eigenvalue weighted by molar-refractivity contribution is 7.99. The largest absolute Gasteiger partial charge is 0.497 e. The average Bonchev–Trinajstić information content (AvgIpc) is 3.14. The van der Waals surface area contributed by atoms with Gasteiger partial charge in [0.25, 0.3) is 5.78 Å². The molecule has 29 heavy (non-hydrogen) atoms. The number of carbonyl (C=O) groups excluding carboxylic acids is 1. The molecular weight excluding hydrogens is 388 g/mol. The van der Waals surface area contributed by atoms with Crippen molar-refractivity contribution in [2.45, 2.75) is 45.2 Å². The number of ketones is 1. The normalized spacial score (nSPS) is 11.1. The topological polar surface area (TPSA) is 78.6 Å². The van der Waals surface area contributed by atoms with Gasteiger partial charge in [-0.05, 0) is 44.4 Å². The fourth-order valence-corrected chi connectivity index (χ4v) is 3.90. The molecule has 0 N–H and O–H groups in total. The quantitative estimate of drug-likeness (QED) is 0.386. The molecule has 0 aliphatic carbocycles. The maximum absolute atomic E-state index is 12.7. The maximum atomic E-state index is 12.7. The van der Waals surface area contributed by atoms with Gasteiger partial charge in [0.15, 0.2) is 5.78 Å². The van der Waals surface area contributed by atoms with Crippen LogP contribution in [0.15, 0.2) is 23.4 Å². The first-order valence-corrected chi connectivity index (χ1v) is 10.6. The van der Waals surface area contributed by atoms with E-state index in [0.717, 1.165) is 30.7 Å². The van der Waals surface area contributed by atoms with E-state index in [9.17, 15) is 4.79 Å². The van der Waals surface area contributed by atoms with E-state index in [1.807, 2.05) is 13.8 Å². The van der Waals surface area contributed by atoms with Gasteiger partial charge in [0.05, 0.1) is 25.5 Å². The van der Waals surface area contributed by atoms with Crippen molar-refractivity contribution < 1.29 is 14.3 Å². The zero-order valence-electron chi connectivity index (χ0n) is 17.5. The lowest BCUT2D eigenvalue weighted by Crippen LogP contribution is -2.06. The van der Waals surface area contributed by atoms with Crippen molar-refractivity contribution in [1.29, 1.82) is 0 Å². The summed E-state index contributed by atoms with van der Waals surface area (Å²) in [6, 6.07) is 5.17. The third kappa shape index (κ3) is 4.53. The second-order valence-corrected chi connectivity index (χ2v) is 7.69. The highest BCUT2D eigenvalue weighted by atomic mass is 32.2. The number of nitrogens with zero attached hydrogens (tertiary/aromatic N) is 4. The van der Waals surface area contributed by atoms with Gasteiger partial charge in [-0.2, -0.15) is 4.98 Å². The Bertz CT molecular complexity index is 1030. The summed E-state index contributed by atoms with van der Waals surface area (Å²) in [7, 11) is 3.11. The number of fused-ring (bicyclic) bond motifs is 1. The van der Waals surface area contributed by atoms with Crippen molar-refractivity contribution in [3.8, 4) is 11.5 Å². The first kappa shape index (κ1) is 21.1. The van der Waals surface area contributed by atoms with Crippen LogP contribution >= 0.6 is 11.8 Å². The van der Waals surface area contributed by atoms with E-state index in [4.69, 9.17) is 9.47 Å². The third-order valence-corrected chi connectivity index (χ3v) is 5.69. The minimum absolute atomic E-state index is 0.0575. The number of hydrogen-bond acceptors (Lipinski definition) is 7. The van der Waals surface area contributed by atoms with Crippen LogP contribution in [-0.4, -0.2) is 45.3 Å². The minimum atomic E-state index is -0.0575. The summed E-state index contributed by atoms with van der Waals surface area (Å²) in [6.45, 7) is 6.23. The fourth-order valence-electron chi connectivity index (χ4n) is 3.20. The van der Waals surface area contributed by atoms with Crippen molar-refractivity contribution in [3.63, 3.8) is 0 Å². The van der Waals surface area contributed by atoms with Gasteiger partial charge in [-0.15, -0.1) is 5.10 Å². The molecule has 0 aliphatic heterocycles. The second-order valence-electron chi connectivity index (χ2n) is 6.75. The molecule has 3 rings (SSSR count). The van der Waals surface area contributed by atoms with E-state index in [-0.39, 0.29) is 11.5 Å². The number of aryl methyl sites for hydroxylation is 2. The van der Waals surface area contributed by atoms with Crippen LogP contribution in [0, 0.1) is 13.8 Å². The number of Topliss-reactive ketones (excluding diaryl/α,β-unsaturated/α-hetero) is 1. The molecule has 154 valence electrons. The Labute approximate surface area is 174 Å². The molecule has 0 bridgehead atoms. The van der Waals surface area contributed by atoms with E-state index in [0.29, 0.717) is 28.0 Å². The molecule has 2 aromatic heterocycles. The Kier molecular flexibility index (Phi) is 6.74. The first-order valence-electron chi connectivity index (χ1n) is 9.59. The standard InChI is InChI=1S/C21H26N4O3S/c1-6-7-8-16-13(2)22-20-23-21(24-25(20)14(16)3)29-12-18(26)17-10-9-15(27-4)11-19(17)28-5/h9-11H,6-8,12H2,1-5H3. The molecule has 3 aromatic rings.